The first-order valence-electron chi connectivity index (χ1n) is 13.9. The molecular formula is C32H29N3O10S3. The molecule has 0 aliphatic heterocycles. The highest BCUT2D eigenvalue weighted by molar-refractivity contribution is 7.86. The number of nitrogens with one attached hydrogen (secondary N) is 2. The molecule has 0 aliphatic rings. The molecule has 0 fully saturated rings. The van der Waals surface area contributed by atoms with Gasteiger partial charge in [-0.3, -0.25) is 13.7 Å². The summed E-state index contributed by atoms with van der Waals surface area (Å²) in [5.41, 5.74) is 4.63. The summed E-state index contributed by atoms with van der Waals surface area (Å²) in [7, 11) is -14.1. The fourth-order valence-corrected chi connectivity index (χ4v) is 7.59. The number of aliphatic hydroxyl groups is 1. The third-order valence-corrected chi connectivity index (χ3v) is 10.5. The van der Waals surface area contributed by atoms with Crippen molar-refractivity contribution >= 4 is 58.8 Å². The third-order valence-electron chi connectivity index (χ3n) is 7.59. The van der Waals surface area contributed by atoms with Crippen molar-refractivity contribution in [2.24, 2.45) is 0 Å². The first kappa shape index (κ1) is 34.5. The van der Waals surface area contributed by atoms with E-state index in [9.17, 15) is 44.0 Å². The predicted molar refractivity (Wildman–Crippen MR) is 179 cm³/mol. The second-order valence-electron chi connectivity index (χ2n) is 10.7. The molecule has 0 radical (unpaired) electrons. The summed E-state index contributed by atoms with van der Waals surface area (Å²) in [6.07, 6.45) is 0. The third kappa shape index (κ3) is 6.90. The summed E-state index contributed by atoms with van der Waals surface area (Å²) in [5.74, 6) is 0. The van der Waals surface area contributed by atoms with Crippen LogP contribution in [0.15, 0.2) is 124 Å². The lowest BCUT2D eigenvalue weighted by molar-refractivity contribution is 0.122. The van der Waals surface area contributed by atoms with Crippen LogP contribution in [-0.2, 0) is 36.0 Å². The SMILES string of the molecule is Cc1c(N)ccc(C(O)(c2ccc(Nc3ccccc3S(=O)(=O)O)cc2)c2ccc(Nc3ccccc3S(=O)(=O)O)cc2)c1S(=O)(=O)O. The molecule has 5 aromatic carbocycles. The van der Waals surface area contributed by atoms with E-state index in [1.807, 2.05) is 0 Å². The molecule has 8 N–H and O–H groups in total. The van der Waals surface area contributed by atoms with E-state index in [4.69, 9.17) is 5.73 Å². The lowest BCUT2D eigenvalue weighted by atomic mass is 9.79. The molecule has 5 rings (SSSR count). The average Bonchev–Trinajstić information content (AvgIpc) is 3.01. The lowest BCUT2D eigenvalue weighted by Gasteiger charge is -2.32. The normalized spacial score (nSPS) is 12.4. The van der Waals surface area contributed by atoms with E-state index in [1.54, 1.807) is 12.1 Å². The first-order chi connectivity index (χ1) is 22.4. The van der Waals surface area contributed by atoms with Crippen molar-refractivity contribution in [3.63, 3.8) is 0 Å². The molecule has 0 heterocycles. The van der Waals surface area contributed by atoms with E-state index in [0.29, 0.717) is 11.4 Å². The van der Waals surface area contributed by atoms with Crippen LogP contribution in [0.2, 0.25) is 0 Å². The maximum Gasteiger partial charge on any atom is 0.296 e. The summed E-state index contributed by atoms with van der Waals surface area (Å²) in [5, 5.41) is 18.4. The topological polar surface area (TPSA) is 233 Å². The molecule has 0 saturated carbocycles. The number of anilines is 5. The average molecular weight is 712 g/mol. The molecule has 0 aliphatic carbocycles. The lowest BCUT2D eigenvalue weighted by Crippen LogP contribution is -2.31. The Labute approximate surface area is 277 Å². The summed E-state index contributed by atoms with van der Waals surface area (Å²) >= 11 is 0. The first-order valence-corrected chi connectivity index (χ1v) is 18.2. The molecule has 0 saturated heterocycles. The van der Waals surface area contributed by atoms with Crippen molar-refractivity contribution in [3.8, 4) is 0 Å². The van der Waals surface area contributed by atoms with Gasteiger partial charge in [-0.25, -0.2) is 0 Å². The van der Waals surface area contributed by atoms with Gasteiger partial charge in [-0.15, -0.1) is 0 Å². The highest BCUT2D eigenvalue weighted by Crippen LogP contribution is 2.43. The zero-order chi connectivity index (χ0) is 35.1. The van der Waals surface area contributed by atoms with Crippen molar-refractivity contribution in [1.29, 1.82) is 0 Å². The largest absolute Gasteiger partial charge is 0.398 e. The van der Waals surface area contributed by atoms with Gasteiger partial charge in [0.15, 0.2) is 0 Å². The van der Waals surface area contributed by atoms with E-state index in [0.717, 1.165) is 0 Å². The number of hydrogen-bond acceptors (Lipinski definition) is 10. The zero-order valence-electron chi connectivity index (χ0n) is 24.9. The standard InChI is InChI=1S/C32H29N3O10S3/c1-20-26(33)19-18-25(31(20)48(43,44)45)32(36,21-10-14-23(15-11-21)34-27-6-2-4-8-29(27)46(37,38)39)22-12-16-24(17-13-22)35-28-7-3-5-9-30(28)47(40,41)42/h2-19,34-36H,33H2,1H3,(H,37,38,39)(H,40,41,42)(H,43,44,45). The Morgan fingerprint density at radius 3 is 1.33 bits per heavy atom. The minimum absolute atomic E-state index is 0.00589. The summed E-state index contributed by atoms with van der Waals surface area (Å²) in [4.78, 5) is -1.35. The Hall–Kier alpha value is -4.81. The number of nitrogen functional groups attached to an aromatic ring is 1. The summed E-state index contributed by atoms with van der Waals surface area (Å²) in [6, 6.07) is 25.7. The highest BCUT2D eigenvalue weighted by atomic mass is 32.2. The van der Waals surface area contributed by atoms with Crippen molar-refractivity contribution in [2.45, 2.75) is 27.2 Å². The molecule has 48 heavy (non-hydrogen) atoms. The van der Waals surface area contributed by atoms with Gasteiger partial charge in [0.2, 0.25) is 0 Å². The quantitative estimate of drug-likeness (QED) is 0.0569. The van der Waals surface area contributed by atoms with E-state index < -0.39 is 40.9 Å². The van der Waals surface area contributed by atoms with Crippen LogP contribution in [0.4, 0.5) is 28.4 Å². The van der Waals surface area contributed by atoms with Crippen LogP contribution in [-0.4, -0.2) is 44.0 Å². The minimum Gasteiger partial charge on any atom is -0.398 e. The second-order valence-corrected chi connectivity index (χ2v) is 14.8. The molecule has 0 bridgehead atoms. The Balaban J connectivity index is 1.63. The van der Waals surface area contributed by atoms with Gasteiger partial charge in [0.05, 0.1) is 11.4 Å². The molecule has 0 aromatic heterocycles. The smallest absolute Gasteiger partial charge is 0.296 e. The van der Waals surface area contributed by atoms with Gasteiger partial charge in [-0.2, -0.15) is 25.3 Å². The molecule has 0 atom stereocenters. The van der Waals surface area contributed by atoms with Crippen molar-refractivity contribution in [1.82, 2.24) is 0 Å². The predicted octanol–water partition coefficient (Wildman–Crippen LogP) is 5.09. The Kier molecular flexibility index (Phi) is 9.11. The molecule has 16 heteroatoms. The molecule has 13 nitrogen and oxygen atoms in total. The number of rotatable bonds is 10. The molecule has 0 spiro atoms. The molecular weight excluding hydrogens is 683 g/mol. The fraction of sp³-hybridized carbons (Fsp3) is 0.0625. The maximum absolute atomic E-state index is 12.7. The molecule has 5 aromatic rings. The summed E-state index contributed by atoms with van der Waals surface area (Å²) in [6.45, 7) is 1.38. The van der Waals surface area contributed by atoms with Gasteiger partial charge >= 0.3 is 0 Å². The Bertz CT molecular complexity index is 2230. The van der Waals surface area contributed by atoms with Crippen LogP contribution >= 0.6 is 0 Å². The van der Waals surface area contributed by atoms with Gasteiger partial charge < -0.3 is 21.5 Å². The minimum atomic E-state index is -4.95. The van der Waals surface area contributed by atoms with Crippen LogP contribution in [0.5, 0.6) is 0 Å². The van der Waals surface area contributed by atoms with Gasteiger partial charge in [-0.1, -0.05) is 54.6 Å². The van der Waals surface area contributed by atoms with Crippen LogP contribution in [0.1, 0.15) is 22.3 Å². The van der Waals surface area contributed by atoms with Crippen LogP contribution < -0.4 is 16.4 Å². The number of nitrogens with two attached hydrogens (primary N) is 1. The number of benzene rings is 5. The summed E-state index contributed by atoms with van der Waals surface area (Å²) < 4.78 is 102. The van der Waals surface area contributed by atoms with Crippen molar-refractivity contribution in [3.05, 3.63) is 131 Å². The van der Waals surface area contributed by atoms with Gasteiger partial charge in [0.25, 0.3) is 30.4 Å². The van der Waals surface area contributed by atoms with Gasteiger partial charge in [0.1, 0.15) is 20.3 Å². The molecule has 0 amide bonds. The Morgan fingerprint density at radius 2 is 0.958 bits per heavy atom. The van der Waals surface area contributed by atoms with E-state index in [-0.39, 0.29) is 49.1 Å². The number of para-hydroxylation sites is 2. The highest BCUT2D eigenvalue weighted by Gasteiger charge is 2.39. The molecule has 0 unspecified atom stereocenters. The fourth-order valence-electron chi connectivity index (χ4n) is 5.29. The van der Waals surface area contributed by atoms with Crippen LogP contribution in [0, 0.1) is 6.92 Å². The van der Waals surface area contributed by atoms with E-state index >= 15 is 0 Å². The van der Waals surface area contributed by atoms with Gasteiger partial charge in [0, 0.05) is 22.6 Å². The monoisotopic (exact) mass is 711 g/mol. The zero-order valence-corrected chi connectivity index (χ0v) is 27.4. The van der Waals surface area contributed by atoms with Crippen LogP contribution in [0.3, 0.4) is 0 Å². The second kappa shape index (κ2) is 12.7. The van der Waals surface area contributed by atoms with E-state index in [2.05, 4.69) is 10.6 Å². The van der Waals surface area contributed by atoms with Crippen LogP contribution in [0.25, 0.3) is 0 Å². The molecule has 250 valence electrons. The Morgan fingerprint density at radius 1 is 0.562 bits per heavy atom. The van der Waals surface area contributed by atoms with E-state index in [1.165, 1.54) is 104 Å². The maximum atomic E-state index is 12.7. The number of hydrogen-bond donors (Lipinski definition) is 7. The van der Waals surface area contributed by atoms with Crippen molar-refractivity contribution < 1.29 is 44.0 Å². The van der Waals surface area contributed by atoms with Gasteiger partial charge in [-0.05, 0) is 78.2 Å². The van der Waals surface area contributed by atoms with Crippen molar-refractivity contribution in [2.75, 3.05) is 16.4 Å².